The van der Waals surface area contributed by atoms with Crippen LogP contribution < -0.4 is 20.3 Å². The van der Waals surface area contributed by atoms with E-state index in [1.165, 1.54) is 11.8 Å². The lowest BCUT2D eigenvalue weighted by atomic mass is 10.1. The number of aromatic nitrogens is 3. The van der Waals surface area contributed by atoms with Crippen LogP contribution in [0.5, 0.6) is 5.75 Å². The Balaban J connectivity index is 1.17. The zero-order valence-electron chi connectivity index (χ0n) is 21.8. The molecule has 0 radical (unpaired) electrons. The van der Waals surface area contributed by atoms with Crippen molar-refractivity contribution in [2.45, 2.75) is 0 Å². The van der Waals surface area contributed by atoms with Gasteiger partial charge in [-0.2, -0.15) is 0 Å². The van der Waals surface area contributed by atoms with Gasteiger partial charge >= 0.3 is 0 Å². The summed E-state index contributed by atoms with van der Waals surface area (Å²) >= 11 is 0. The van der Waals surface area contributed by atoms with E-state index in [2.05, 4.69) is 42.5 Å². The largest absolute Gasteiger partial charge is 0.492 e. The normalized spacial score (nSPS) is 16.4. The van der Waals surface area contributed by atoms with Crippen molar-refractivity contribution in [3.63, 3.8) is 0 Å². The van der Waals surface area contributed by atoms with Crippen LogP contribution in [0.3, 0.4) is 0 Å². The van der Waals surface area contributed by atoms with Crippen LogP contribution in [0.1, 0.15) is 0 Å². The van der Waals surface area contributed by atoms with E-state index in [0.29, 0.717) is 35.1 Å². The van der Waals surface area contributed by atoms with Crippen molar-refractivity contribution in [1.82, 2.24) is 25.2 Å². The van der Waals surface area contributed by atoms with Gasteiger partial charge in [0, 0.05) is 86.6 Å². The Morgan fingerprint density at radius 1 is 0.974 bits per heavy atom. The van der Waals surface area contributed by atoms with Crippen LogP contribution in [0.25, 0.3) is 22.2 Å². The van der Waals surface area contributed by atoms with Gasteiger partial charge < -0.3 is 25.0 Å². The Labute approximate surface area is 227 Å². The first-order valence-corrected chi connectivity index (χ1v) is 13.4. The molecule has 0 atom stereocenters. The SMILES string of the molecule is Fc1cc(OCCN2CCOCC2)ccc1-c1nccc2cnc(Nc3ccc(N4CCNCC4)cc3)nc12. The number of halogens is 1. The number of nitrogens with one attached hydrogen (secondary N) is 2. The number of rotatable bonds is 8. The lowest BCUT2D eigenvalue weighted by Crippen LogP contribution is -2.43. The van der Waals surface area contributed by atoms with Crippen molar-refractivity contribution in [2.75, 3.05) is 75.9 Å². The zero-order chi connectivity index (χ0) is 26.4. The summed E-state index contributed by atoms with van der Waals surface area (Å²) in [6.45, 7) is 8.51. The molecule has 10 heteroatoms. The van der Waals surface area contributed by atoms with Crippen molar-refractivity contribution in [2.24, 2.45) is 0 Å². The Kier molecular flexibility index (Phi) is 7.75. The highest BCUT2D eigenvalue weighted by molar-refractivity contribution is 5.91. The number of nitrogens with zero attached hydrogens (tertiary/aromatic N) is 5. The summed E-state index contributed by atoms with van der Waals surface area (Å²) in [5.74, 6) is 0.511. The predicted octanol–water partition coefficient (Wildman–Crippen LogP) is 3.70. The molecule has 2 aromatic heterocycles. The van der Waals surface area contributed by atoms with E-state index in [1.807, 2.05) is 18.2 Å². The van der Waals surface area contributed by atoms with Crippen LogP contribution in [-0.2, 0) is 4.74 Å². The van der Waals surface area contributed by atoms with E-state index < -0.39 is 5.82 Å². The van der Waals surface area contributed by atoms with Gasteiger partial charge in [-0.15, -0.1) is 0 Å². The summed E-state index contributed by atoms with van der Waals surface area (Å²) in [4.78, 5) is 18.3. The van der Waals surface area contributed by atoms with E-state index in [1.54, 1.807) is 24.5 Å². The standard InChI is InChI=1S/C29H32FN7O2/c30-26-19-24(39-18-15-36-13-16-38-17-14-36)5-6-25(26)28-27-21(7-8-32-28)20-33-29(35-27)34-22-1-3-23(4-2-22)37-11-9-31-10-12-37/h1-8,19-20,31H,9-18H2,(H,33,34,35). The molecule has 0 aliphatic carbocycles. The van der Waals surface area contributed by atoms with Crippen LogP contribution in [0, 0.1) is 5.82 Å². The molecule has 0 bridgehead atoms. The molecule has 0 unspecified atom stereocenters. The summed E-state index contributed by atoms with van der Waals surface area (Å²) in [5.41, 5.74) is 3.48. The Morgan fingerprint density at radius 3 is 2.59 bits per heavy atom. The number of piperazine rings is 1. The maximum atomic E-state index is 15.3. The predicted molar refractivity (Wildman–Crippen MR) is 150 cm³/mol. The molecule has 0 amide bonds. The van der Waals surface area contributed by atoms with E-state index in [-0.39, 0.29) is 0 Å². The molecule has 4 aromatic rings. The first-order valence-electron chi connectivity index (χ1n) is 13.4. The third-order valence-corrected chi connectivity index (χ3v) is 7.08. The molecule has 4 heterocycles. The minimum Gasteiger partial charge on any atom is -0.492 e. The minimum atomic E-state index is -0.407. The molecule has 6 rings (SSSR count). The number of ether oxygens (including phenoxy) is 2. The lowest BCUT2D eigenvalue weighted by molar-refractivity contribution is 0.0322. The third-order valence-electron chi connectivity index (χ3n) is 7.08. The van der Waals surface area contributed by atoms with Gasteiger partial charge in [0.15, 0.2) is 0 Å². The van der Waals surface area contributed by atoms with Gasteiger partial charge in [-0.25, -0.2) is 14.4 Å². The highest BCUT2D eigenvalue weighted by Gasteiger charge is 2.15. The van der Waals surface area contributed by atoms with Gasteiger partial charge in [-0.1, -0.05) is 0 Å². The molecule has 9 nitrogen and oxygen atoms in total. The number of pyridine rings is 1. The lowest BCUT2D eigenvalue weighted by Gasteiger charge is -2.29. The number of hydrogen-bond donors (Lipinski definition) is 2. The molecular formula is C29H32FN7O2. The second-order valence-electron chi connectivity index (χ2n) is 9.64. The molecule has 2 N–H and O–H groups in total. The Bertz CT molecular complexity index is 1410. The average Bonchev–Trinajstić information content (AvgIpc) is 2.98. The number of anilines is 3. The zero-order valence-corrected chi connectivity index (χ0v) is 21.8. The van der Waals surface area contributed by atoms with Gasteiger partial charge in [0.25, 0.3) is 0 Å². The molecular weight excluding hydrogens is 497 g/mol. The monoisotopic (exact) mass is 529 g/mol. The molecule has 2 fully saturated rings. The van der Waals surface area contributed by atoms with E-state index in [4.69, 9.17) is 14.5 Å². The maximum Gasteiger partial charge on any atom is 0.227 e. The molecule has 2 aromatic carbocycles. The number of fused-ring (bicyclic) bond motifs is 1. The first kappa shape index (κ1) is 25.4. The maximum absolute atomic E-state index is 15.3. The summed E-state index contributed by atoms with van der Waals surface area (Å²) in [6.07, 6.45) is 3.38. The van der Waals surface area contributed by atoms with Gasteiger partial charge in [0.1, 0.15) is 23.7 Å². The van der Waals surface area contributed by atoms with Crippen molar-refractivity contribution >= 4 is 28.2 Å². The van der Waals surface area contributed by atoms with Crippen molar-refractivity contribution in [1.29, 1.82) is 0 Å². The Hall–Kier alpha value is -3.86. The van der Waals surface area contributed by atoms with Gasteiger partial charge in [-0.3, -0.25) is 9.88 Å². The van der Waals surface area contributed by atoms with Gasteiger partial charge in [0.2, 0.25) is 5.95 Å². The van der Waals surface area contributed by atoms with Crippen LogP contribution in [0.4, 0.5) is 21.7 Å². The van der Waals surface area contributed by atoms with Crippen LogP contribution in [0.15, 0.2) is 60.9 Å². The van der Waals surface area contributed by atoms with Crippen LogP contribution in [0.2, 0.25) is 0 Å². The molecule has 2 saturated heterocycles. The minimum absolute atomic E-state index is 0.367. The average molecular weight is 530 g/mol. The van der Waals surface area contributed by atoms with E-state index >= 15 is 4.39 Å². The molecule has 0 spiro atoms. The molecule has 0 saturated carbocycles. The van der Waals surface area contributed by atoms with Crippen molar-refractivity contribution < 1.29 is 13.9 Å². The first-order chi connectivity index (χ1) is 19.2. The van der Waals surface area contributed by atoms with Crippen LogP contribution >= 0.6 is 0 Å². The summed E-state index contributed by atoms with van der Waals surface area (Å²) in [7, 11) is 0. The summed E-state index contributed by atoms with van der Waals surface area (Å²) in [6, 6.07) is 15.0. The molecule has 2 aliphatic rings. The van der Waals surface area contributed by atoms with E-state index in [9.17, 15) is 0 Å². The van der Waals surface area contributed by atoms with Crippen molar-refractivity contribution in [3.05, 3.63) is 66.7 Å². The quantitative estimate of drug-likeness (QED) is 0.355. The van der Waals surface area contributed by atoms with Gasteiger partial charge in [0.05, 0.1) is 18.9 Å². The molecule has 39 heavy (non-hydrogen) atoms. The highest BCUT2D eigenvalue weighted by atomic mass is 19.1. The fourth-order valence-electron chi connectivity index (χ4n) is 4.92. The smallest absolute Gasteiger partial charge is 0.227 e. The van der Waals surface area contributed by atoms with E-state index in [0.717, 1.165) is 70.1 Å². The summed E-state index contributed by atoms with van der Waals surface area (Å²) < 4.78 is 26.5. The van der Waals surface area contributed by atoms with Crippen LogP contribution in [-0.4, -0.2) is 85.5 Å². The molecule has 202 valence electrons. The number of morpholine rings is 1. The topological polar surface area (TPSA) is 87.7 Å². The second kappa shape index (κ2) is 11.9. The number of benzene rings is 2. The fourth-order valence-corrected chi connectivity index (χ4v) is 4.92. The third kappa shape index (κ3) is 6.08. The highest BCUT2D eigenvalue weighted by Crippen LogP contribution is 2.30. The van der Waals surface area contributed by atoms with Crippen molar-refractivity contribution in [3.8, 4) is 17.0 Å². The molecule has 2 aliphatic heterocycles. The fraction of sp³-hybridized carbons (Fsp3) is 0.345. The summed E-state index contributed by atoms with van der Waals surface area (Å²) in [5, 5.41) is 7.43. The second-order valence-corrected chi connectivity index (χ2v) is 9.64. The number of hydrogen-bond acceptors (Lipinski definition) is 9. The Morgan fingerprint density at radius 2 is 1.79 bits per heavy atom. The van der Waals surface area contributed by atoms with Gasteiger partial charge in [-0.05, 0) is 42.5 Å².